The first-order chi connectivity index (χ1) is 7.56. The van der Waals surface area contributed by atoms with Crippen LogP contribution >= 0.6 is 0 Å². The van der Waals surface area contributed by atoms with Crippen LogP contribution in [0.1, 0.15) is 19.4 Å². The van der Waals surface area contributed by atoms with Gasteiger partial charge in [0.15, 0.2) is 0 Å². The molecule has 0 aromatic carbocycles. The van der Waals surface area contributed by atoms with Gasteiger partial charge in [0.2, 0.25) is 0 Å². The molecule has 5 N–H and O–H groups in total. The predicted molar refractivity (Wildman–Crippen MR) is 62.3 cm³/mol. The van der Waals surface area contributed by atoms with E-state index in [9.17, 15) is 0 Å². The van der Waals surface area contributed by atoms with Crippen molar-refractivity contribution in [2.75, 3.05) is 11.1 Å². The molecule has 16 heavy (non-hydrogen) atoms. The summed E-state index contributed by atoms with van der Waals surface area (Å²) in [6.07, 6.45) is 2.29. The van der Waals surface area contributed by atoms with Gasteiger partial charge < -0.3 is 16.3 Å². The Kier molecular flexibility index (Phi) is 3.76. The summed E-state index contributed by atoms with van der Waals surface area (Å²) in [6, 6.07) is 0.145. The first-order valence-electron chi connectivity index (χ1n) is 4.69. The fraction of sp³-hybridized carbons (Fsp3) is 0.333. The van der Waals surface area contributed by atoms with Crippen LogP contribution in [0.2, 0.25) is 0 Å². The van der Waals surface area contributed by atoms with Crippen molar-refractivity contribution in [3.8, 4) is 0 Å². The largest absolute Gasteiger partial charge is 0.411 e. The molecule has 86 valence electrons. The number of oxime groups is 1. The van der Waals surface area contributed by atoms with E-state index in [1.807, 2.05) is 13.8 Å². The van der Waals surface area contributed by atoms with Crippen molar-refractivity contribution < 1.29 is 5.21 Å². The SMILES string of the molecule is CC(C)Nc1ncnc(N)c1C(=N)/C=N/O. The van der Waals surface area contributed by atoms with Crippen molar-refractivity contribution in [1.29, 1.82) is 5.41 Å². The Hall–Kier alpha value is -2.18. The molecule has 0 amide bonds. The van der Waals surface area contributed by atoms with E-state index >= 15 is 0 Å². The molecule has 1 rings (SSSR count). The molecule has 7 nitrogen and oxygen atoms in total. The molecule has 0 aliphatic rings. The van der Waals surface area contributed by atoms with Crippen molar-refractivity contribution >= 4 is 23.6 Å². The van der Waals surface area contributed by atoms with Crippen LogP contribution in [-0.2, 0) is 0 Å². The number of nitrogen functional groups attached to an aromatic ring is 1. The number of aromatic nitrogens is 2. The Labute approximate surface area is 92.9 Å². The summed E-state index contributed by atoms with van der Waals surface area (Å²) < 4.78 is 0. The number of hydrogen-bond donors (Lipinski definition) is 4. The molecule has 7 heteroatoms. The maximum absolute atomic E-state index is 8.39. The first-order valence-corrected chi connectivity index (χ1v) is 4.69. The molecule has 0 radical (unpaired) electrons. The summed E-state index contributed by atoms with van der Waals surface area (Å²) in [6.45, 7) is 3.87. The molecule has 1 heterocycles. The van der Waals surface area contributed by atoms with E-state index in [-0.39, 0.29) is 17.6 Å². The highest BCUT2D eigenvalue weighted by Gasteiger charge is 2.13. The van der Waals surface area contributed by atoms with Gasteiger partial charge in [-0.25, -0.2) is 9.97 Å². The minimum atomic E-state index is -0.0521. The van der Waals surface area contributed by atoms with Crippen molar-refractivity contribution in [1.82, 2.24) is 9.97 Å². The zero-order valence-electron chi connectivity index (χ0n) is 9.10. The highest BCUT2D eigenvalue weighted by atomic mass is 16.4. The van der Waals surface area contributed by atoms with Crippen LogP contribution in [0, 0.1) is 5.41 Å². The molecule has 0 saturated carbocycles. The Morgan fingerprint density at radius 2 is 2.31 bits per heavy atom. The second-order valence-corrected chi connectivity index (χ2v) is 3.44. The quantitative estimate of drug-likeness (QED) is 0.339. The highest BCUT2D eigenvalue weighted by molar-refractivity contribution is 6.39. The zero-order valence-corrected chi connectivity index (χ0v) is 9.10. The second kappa shape index (κ2) is 5.06. The maximum atomic E-state index is 8.39. The van der Waals surface area contributed by atoms with Gasteiger partial charge in [-0.2, -0.15) is 0 Å². The summed E-state index contributed by atoms with van der Waals surface area (Å²) in [4.78, 5) is 7.79. The third-order valence-electron chi connectivity index (χ3n) is 1.76. The number of hydrogen-bond acceptors (Lipinski definition) is 7. The fourth-order valence-corrected chi connectivity index (χ4v) is 1.17. The second-order valence-electron chi connectivity index (χ2n) is 3.44. The van der Waals surface area contributed by atoms with E-state index in [0.29, 0.717) is 11.4 Å². The number of nitrogens with two attached hydrogens (primary N) is 1. The Balaban J connectivity index is 3.18. The molecule has 1 aromatic heterocycles. The summed E-state index contributed by atoms with van der Waals surface area (Å²) in [5.41, 5.74) is 5.93. The van der Waals surface area contributed by atoms with Gasteiger partial charge in [0.1, 0.15) is 18.0 Å². The van der Waals surface area contributed by atoms with Gasteiger partial charge in [-0.15, -0.1) is 0 Å². The standard InChI is InChI=1S/C9H14N6O/c1-5(2)15-9-7(6(10)3-14-16)8(11)12-4-13-9/h3-5,10,16H,1-2H3,(H3,11,12,13,15)/b10-6?,14-3+. The average Bonchev–Trinajstić information content (AvgIpc) is 2.16. The molecule has 0 fully saturated rings. The molecule has 0 aliphatic heterocycles. The van der Waals surface area contributed by atoms with Crippen molar-refractivity contribution in [2.24, 2.45) is 5.16 Å². The van der Waals surface area contributed by atoms with Crippen LogP contribution in [0.4, 0.5) is 11.6 Å². The minimum absolute atomic E-state index is 0.0521. The predicted octanol–water partition coefficient (Wildman–Crippen LogP) is 0.707. The lowest BCUT2D eigenvalue weighted by Gasteiger charge is -2.13. The molecule has 0 spiro atoms. The number of rotatable bonds is 4. The van der Waals surface area contributed by atoms with E-state index in [1.165, 1.54) is 6.33 Å². The molecule has 0 aliphatic carbocycles. The molecule has 0 bridgehead atoms. The molecule has 0 unspecified atom stereocenters. The van der Waals surface area contributed by atoms with E-state index < -0.39 is 0 Å². The topological polar surface area (TPSA) is 120 Å². The highest BCUT2D eigenvalue weighted by Crippen LogP contribution is 2.17. The lowest BCUT2D eigenvalue weighted by atomic mass is 10.1. The summed E-state index contributed by atoms with van der Waals surface area (Å²) in [5.74, 6) is 0.621. The van der Waals surface area contributed by atoms with Gasteiger partial charge in [-0.1, -0.05) is 5.16 Å². The van der Waals surface area contributed by atoms with Crippen LogP contribution in [0.5, 0.6) is 0 Å². The van der Waals surface area contributed by atoms with Crippen LogP contribution in [0.25, 0.3) is 0 Å². The summed E-state index contributed by atoms with van der Waals surface area (Å²) in [7, 11) is 0. The maximum Gasteiger partial charge on any atom is 0.141 e. The normalized spacial score (nSPS) is 10.9. The lowest BCUT2D eigenvalue weighted by molar-refractivity contribution is 0.322. The lowest BCUT2D eigenvalue weighted by Crippen LogP contribution is -2.17. The minimum Gasteiger partial charge on any atom is -0.411 e. The number of anilines is 2. The van der Waals surface area contributed by atoms with Gasteiger partial charge in [0.25, 0.3) is 0 Å². The van der Waals surface area contributed by atoms with Crippen LogP contribution in [-0.4, -0.2) is 33.1 Å². The van der Waals surface area contributed by atoms with Gasteiger partial charge in [0.05, 0.1) is 17.5 Å². The third-order valence-corrected chi connectivity index (χ3v) is 1.76. The van der Waals surface area contributed by atoms with Crippen LogP contribution in [0.3, 0.4) is 0 Å². The monoisotopic (exact) mass is 222 g/mol. The van der Waals surface area contributed by atoms with Crippen molar-refractivity contribution in [3.05, 3.63) is 11.9 Å². The average molecular weight is 222 g/mol. The van der Waals surface area contributed by atoms with Crippen LogP contribution in [0.15, 0.2) is 11.5 Å². The van der Waals surface area contributed by atoms with Gasteiger partial charge in [-0.3, -0.25) is 5.41 Å². The first kappa shape index (κ1) is 11.9. The van der Waals surface area contributed by atoms with Gasteiger partial charge in [0, 0.05) is 6.04 Å². The molecular weight excluding hydrogens is 208 g/mol. The molecule has 1 aromatic rings. The molecule has 0 saturated heterocycles. The zero-order chi connectivity index (χ0) is 12.1. The number of nitrogens with zero attached hydrogens (tertiary/aromatic N) is 3. The molecular formula is C9H14N6O. The fourth-order valence-electron chi connectivity index (χ4n) is 1.17. The van der Waals surface area contributed by atoms with E-state index in [4.69, 9.17) is 16.4 Å². The third kappa shape index (κ3) is 2.66. The Morgan fingerprint density at radius 1 is 1.62 bits per heavy atom. The molecule has 0 atom stereocenters. The smallest absolute Gasteiger partial charge is 0.141 e. The van der Waals surface area contributed by atoms with E-state index in [0.717, 1.165) is 6.21 Å². The van der Waals surface area contributed by atoms with Crippen molar-refractivity contribution in [3.63, 3.8) is 0 Å². The summed E-state index contributed by atoms with van der Waals surface area (Å²) in [5, 5.41) is 21.9. The van der Waals surface area contributed by atoms with Gasteiger partial charge >= 0.3 is 0 Å². The van der Waals surface area contributed by atoms with Crippen molar-refractivity contribution in [2.45, 2.75) is 19.9 Å². The van der Waals surface area contributed by atoms with Gasteiger partial charge in [-0.05, 0) is 13.8 Å². The van der Waals surface area contributed by atoms with Crippen LogP contribution < -0.4 is 11.1 Å². The van der Waals surface area contributed by atoms with E-state index in [1.54, 1.807) is 0 Å². The summed E-state index contributed by atoms with van der Waals surface area (Å²) >= 11 is 0. The number of nitrogens with one attached hydrogen (secondary N) is 2. The van der Waals surface area contributed by atoms with E-state index in [2.05, 4.69) is 20.4 Å². The Morgan fingerprint density at radius 3 is 2.88 bits per heavy atom. The Bertz CT molecular complexity index is 414.